The largest absolute Gasteiger partial charge is 0.358 e. The van der Waals surface area contributed by atoms with Gasteiger partial charge in [-0.15, -0.1) is 22.7 Å². The van der Waals surface area contributed by atoms with E-state index in [1.54, 1.807) is 42.0 Å². The maximum Gasteiger partial charge on any atom is 0.271 e. The number of likely N-dealkylation sites (N-methyl/N-ethyl adjacent to an activating group) is 1. The Morgan fingerprint density at radius 3 is 2.69 bits per heavy atom. The van der Waals surface area contributed by atoms with Gasteiger partial charge in [0.2, 0.25) is 5.91 Å². The second-order valence-corrected chi connectivity index (χ2v) is 12.3. The summed E-state index contributed by atoms with van der Waals surface area (Å²) in [5, 5.41) is 6.19. The van der Waals surface area contributed by atoms with Crippen molar-refractivity contribution < 1.29 is 13.2 Å². The number of anilines is 1. The van der Waals surface area contributed by atoms with Gasteiger partial charge in [-0.25, -0.2) is 13.4 Å². The molecule has 0 bridgehead atoms. The molecule has 0 aliphatic carbocycles. The van der Waals surface area contributed by atoms with Gasteiger partial charge in [-0.3, -0.25) is 19.3 Å². The van der Waals surface area contributed by atoms with Crippen molar-refractivity contribution in [3.63, 3.8) is 0 Å². The van der Waals surface area contributed by atoms with Crippen molar-refractivity contribution in [2.75, 3.05) is 44.5 Å². The Hall–Kier alpha value is -2.77. The number of thiazole rings is 1. The minimum Gasteiger partial charge on any atom is -0.358 e. The van der Waals surface area contributed by atoms with Gasteiger partial charge < -0.3 is 10.3 Å². The lowest BCUT2D eigenvalue weighted by Crippen LogP contribution is -2.48. The second kappa shape index (κ2) is 10.1. The van der Waals surface area contributed by atoms with E-state index < -0.39 is 10.0 Å². The van der Waals surface area contributed by atoms with Crippen molar-refractivity contribution in [3.8, 4) is 10.7 Å². The molecule has 1 aliphatic heterocycles. The van der Waals surface area contributed by atoms with Gasteiger partial charge in [0.05, 0.1) is 23.4 Å². The van der Waals surface area contributed by atoms with Crippen LogP contribution in [0, 0.1) is 0 Å². The van der Waals surface area contributed by atoms with Crippen LogP contribution in [0.25, 0.3) is 21.6 Å². The van der Waals surface area contributed by atoms with Gasteiger partial charge in [0.1, 0.15) is 9.22 Å². The van der Waals surface area contributed by atoms with E-state index in [0.29, 0.717) is 12.2 Å². The Morgan fingerprint density at radius 1 is 1.14 bits per heavy atom. The normalized spacial score (nSPS) is 15.5. The van der Waals surface area contributed by atoms with E-state index in [4.69, 9.17) is 0 Å². The first-order valence-corrected chi connectivity index (χ1v) is 14.4. The van der Waals surface area contributed by atoms with E-state index in [2.05, 4.69) is 29.8 Å². The van der Waals surface area contributed by atoms with E-state index >= 15 is 0 Å². The number of piperazine rings is 1. The SMILES string of the molecule is CNC(=O)CN1CCN(Cc2cnc(-c3cc4cccc(NS(=O)(=O)c5cccs5)c4[nH]3)s2)CC1. The number of rotatable bonds is 8. The molecule has 1 aromatic carbocycles. The Labute approximate surface area is 211 Å². The van der Waals surface area contributed by atoms with E-state index in [9.17, 15) is 13.2 Å². The number of aromatic nitrogens is 2. The number of fused-ring (bicyclic) bond motifs is 1. The molecule has 0 spiro atoms. The van der Waals surface area contributed by atoms with Gasteiger partial charge in [-0.05, 0) is 23.6 Å². The maximum atomic E-state index is 12.7. The third kappa shape index (κ3) is 5.41. The van der Waals surface area contributed by atoms with Crippen molar-refractivity contribution in [2.45, 2.75) is 10.8 Å². The van der Waals surface area contributed by atoms with Crippen LogP contribution in [-0.2, 0) is 21.4 Å². The number of nitrogens with zero attached hydrogens (tertiary/aromatic N) is 3. The van der Waals surface area contributed by atoms with E-state index in [1.165, 1.54) is 11.3 Å². The predicted molar refractivity (Wildman–Crippen MR) is 140 cm³/mol. The van der Waals surface area contributed by atoms with Crippen molar-refractivity contribution in [1.82, 2.24) is 25.1 Å². The quantitative estimate of drug-likeness (QED) is 0.323. The molecule has 4 aromatic rings. The number of carbonyl (C=O) groups is 1. The summed E-state index contributed by atoms with van der Waals surface area (Å²) in [6.07, 6.45) is 1.91. The number of hydrogen-bond acceptors (Lipinski definition) is 8. The number of benzene rings is 1. The Bertz CT molecular complexity index is 1420. The zero-order valence-corrected chi connectivity index (χ0v) is 21.6. The van der Waals surface area contributed by atoms with Gasteiger partial charge >= 0.3 is 0 Å². The molecule has 35 heavy (non-hydrogen) atoms. The zero-order valence-electron chi connectivity index (χ0n) is 19.2. The van der Waals surface area contributed by atoms with Crippen molar-refractivity contribution in [2.24, 2.45) is 0 Å². The lowest BCUT2D eigenvalue weighted by molar-refractivity contribution is -0.122. The number of sulfonamides is 1. The molecular formula is C23H26N6O3S3. The van der Waals surface area contributed by atoms with E-state index in [-0.39, 0.29) is 10.1 Å². The van der Waals surface area contributed by atoms with Crippen LogP contribution >= 0.6 is 22.7 Å². The highest BCUT2D eigenvalue weighted by Gasteiger charge is 2.20. The molecule has 1 amide bonds. The molecule has 1 aliphatic rings. The lowest BCUT2D eigenvalue weighted by atomic mass is 10.2. The Morgan fingerprint density at radius 2 is 1.94 bits per heavy atom. The standard InChI is InChI=1S/C23H26N6O3S3/c1-24-20(30)15-29-9-7-28(8-10-29)14-17-13-25-23(34-17)19-12-16-4-2-5-18(22(16)26-19)27-35(31,32)21-6-3-11-33-21/h2-6,11-13,26-27H,7-10,14-15H2,1H3,(H,24,30). The molecule has 5 rings (SSSR count). The molecule has 3 N–H and O–H groups in total. The van der Waals surface area contributed by atoms with Gasteiger partial charge in [0, 0.05) is 56.2 Å². The monoisotopic (exact) mass is 530 g/mol. The summed E-state index contributed by atoms with van der Waals surface area (Å²) in [6, 6.07) is 10.8. The molecule has 0 atom stereocenters. The highest BCUT2D eigenvalue weighted by molar-refractivity contribution is 7.94. The summed E-state index contributed by atoms with van der Waals surface area (Å²) in [4.78, 5) is 25.3. The van der Waals surface area contributed by atoms with Crippen LogP contribution in [0.15, 0.2) is 52.2 Å². The van der Waals surface area contributed by atoms with Crippen LogP contribution < -0.4 is 10.0 Å². The highest BCUT2D eigenvalue weighted by atomic mass is 32.2. The van der Waals surface area contributed by atoms with E-state index in [1.807, 2.05) is 24.4 Å². The average Bonchev–Trinajstić information content (AvgIpc) is 3.61. The number of aromatic amines is 1. The predicted octanol–water partition coefficient (Wildman–Crippen LogP) is 3.02. The summed E-state index contributed by atoms with van der Waals surface area (Å²) >= 11 is 2.81. The highest BCUT2D eigenvalue weighted by Crippen LogP contribution is 2.32. The molecule has 184 valence electrons. The number of H-pyrrole nitrogens is 1. The Kier molecular flexibility index (Phi) is 6.89. The topological polar surface area (TPSA) is 110 Å². The first kappa shape index (κ1) is 23.9. The summed E-state index contributed by atoms with van der Waals surface area (Å²) in [6.45, 7) is 4.81. The molecule has 0 unspecified atom stereocenters. The molecule has 9 nitrogen and oxygen atoms in total. The molecule has 0 saturated carbocycles. The first-order chi connectivity index (χ1) is 16.9. The van der Waals surface area contributed by atoms with Crippen LogP contribution in [0.4, 0.5) is 5.69 Å². The molecule has 1 saturated heterocycles. The first-order valence-electron chi connectivity index (χ1n) is 11.2. The molecule has 1 fully saturated rings. The third-order valence-electron chi connectivity index (χ3n) is 5.93. The van der Waals surface area contributed by atoms with Gasteiger partial charge in [-0.1, -0.05) is 18.2 Å². The number of carbonyl (C=O) groups excluding carboxylic acids is 1. The maximum absolute atomic E-state index is 12.7. The van der Waals surface area contributed by atoms with Crippen LogP contribution in [0.1, 0.15) is 4.88 Å². The molecule has 4 heterocycles. The van der Waals surface area contributed by atoms with Gasteiger partial charge in [-0.2, -0.15) is 0 Å². The summed E-state index contributed by atoms with van der Waals surface area (Å²) in [5.74, 6) is 0.0476. The molecule has 3 aromatic heterocycles. The minimum absolute atomic E-state index is 0.0476. The fourth-order valence-corrected chi connectivity index (χ4v) is 7.07. The molecular weight excluding hydrogens is 504 g/mol. The minimum atomic E-state index is -3.64. The van der Waals surface area contributed by atoms with Crippen molar-refractivity contribution in [1.29, 1.82) is 0 Å². The zero-order chi connectivity index (χ0) is 24.4. The number of thiophene rings is 1. The number of para-hydroxylation sites is 1. The summed E-state index contributed by atoms with van der Waals surface area (Å²) in [7, 11) is -1.97. The second-order valence-electron chi connectivity index (χ2n) is 8.35. The van der Waals surface area contributed by atoms with E-state index in [0.717, 1.165) is 59.2 Å². The van der Waals surface area contributed by atoms with Gasteiger partial charge in [0.25, 0.3) is 10.0 Å². The van der Waals surface area contributed by atoms with Crippen molar-refractivity contribution >= 4 is 55.2 Å². The molecule has 0 radical (unpaired) electrons. The van der Waals surface area contributed by atoms with Crippen LogP contribution in [-0.4, -0.2) is 73.9 Å². The summed E-state index contributed by atoms with van der Waals surface area (Å²) < 4.78 is 28.4. The number of amides is 1. The fraction of sp³-hybridized carbons (Fsp3) is 0.304. The smallest absolute Gasteiger partial charge is 0.271 e. The molecule has 12 heteroatoms. The van der Waals surface area contributed by atoms with Crippen LogP contribution in [0.3, 0.4) is 0 Å². The van der Waals surface area contributed by atoms with Crippen LogP contribution in [0.5, 0.6) is 0 Å². The third-order valence-corrected chi connectivity index (χ3v) is 9.71. The fourth-order valence-electron chi connectivity index (χ4n) is 4.08. The van der Waals surface area contributed by atoms with Crippen molar-refractivity contribution in [3.05, 3.63) is 52.9 Å². The Balaban J connectivity index is 1.28. The summed E-state index contributed by atoms with van der Waals surface area (Å²) in [5.41, 5.74) is 2.09. The number of nitrogens with one attached hydrogen (secondary N) is 3. The van der Waals surface area contributed by atoms with Crippen LogP contribution in [0.2, 0.25) is 0 Å². The lowest BCUT2D eigenvalue weighted by Gasteiger charge is -2.33. The van der Waals surface area contributed by atoms with Gasteiger partial charge in [0.15, 0.2) is 0 Å². The average molecular weight is 531 g/mol. The number of hydrogen-bond donors (Lipinski definition) is 3.